The second-order valence-electron chi connectivity index (χ2n) is 5.48. The van der Waals surface area contributed by atoms with Gasteiger partial charge in [-0.05, 0) is 37.3 Å². The molecule has 0 unspecified atom stereocenters. The van der Waals surface area contributed by atoms with Crippen molar-refractivity contribution in [2.24, 2.45) is 0 Å². The van der Waals surface area contributed by atoms with E-state index in [9.17, 15) is 4.79 Å². The van der Waals surface area contributed by atoms with E-state index >= 15 is 0 Å². The van der Waals surface area contributed by atoms with E-state index in [1.54, 1.807) is 23.1 Å². The predicted molar refractivity (Wildman–Crippen MR) is 91.4 cm³/mol. The second-order valence-corrected chi connectivity index (χ2v) is 5.48. The summed E-state index contributed by atoms with van der Waals surface area (Å²) in [5, 5.41) is 7.37. The quantitative estimate of drug-likeness (QED) is 0.631. The van der Waals surface area contributed by atoms with E-state index in [1.165, 1.54) is 0 Å². The Bertz CT molecular complexity index is 1030. The third kappa shape index (κ3) is 2.54. The minimum Gasteiger partial charge on any atom is -0.320 e. The molecule has 0 aliphatic rings. The summed E-state index contributed by atoms with van der Waals surface area (Å²) in [5.74, 6) is -0.179. The average Bonchev–Trinajstić information content (AvgIpc) is 3.23. The molecule has 0 saturated heterocycles. The first-order chi connectivity index (χ1) is 11.7. The number of amides is 1. The number of aromatic nitrogens is 4. The fraction of sp³-hybridized carbons (Fsp3) is 0.0556. The average molecular weight is 317 g/mol. The highest BCUT2D eigenvalue weighted by molar-refractivity contribution is 6.05. The van der Waals surface area contributed by atoms with Crippen LogP contribution in [0.1, 0.15) is 16.1 Å². The highest BCUT2D eigenvalue weighted by Gasteiger charge is 2.11. The number of carbonyl (C=O) groups is 1. The summed E-state index contributed by atoms with van der Waals surface area (Å²) in [7, 11) is 0. The van der Waals surface area contributed by atoms with Gasteiger partial charge in [0.05, 0.1) is 22.6 Å². The number of aryl methyl sites for hydroxylation is 1. The molecule has 4 rings (SSSR count). The van der Waals surface area contributed by atoms with Gasteiger partial charge in [0.2, 0.25) is 0 Å². The molecule has 0 aliphatic carbocycles. The molecular formula is C18H15N5O. The van der Waals surface area contributed by atoms with Gasteiger partial charge in [-0.3, -0.25) is 4.79 Å². The van der Waals surface area contributed by atoms with Gasteiger partial charge >= 0.3 is 0 Å². The number of rotatable bonds is 3. The fourth-order valence-corrected chi connectivity index (χ4v) is 2.58. The highest BCUT2D eigenvalue weighted by Crippen LogP contribution is 2.20. The fourth-order valence-electron chi connectivity index (χ4n) is 2.58. The Morgan fingerprint density at radius 2 is 1.96 bits per heavy atom. The van der Waals surface area contributed by atoms with E-state index in [-0.39, 0.29) is 5.91 Å². The Hall–Kier alpha value is -3.41. The zero-order chi connectivity index (χ0) is 16.5. The molecule has 6 heteroatoms. The Labute approximate surface area is 138 Å². The van der Waals surface area contributed by atoms with Crippen LogP contribution in [0.3, 0.4) is 0 Å². The van der Waals surface area contributed by atoms with Gasteiger partial charge in [0, 0.05) is 24.8 Å². The Morgan fingerprint density at radius 1 is 1.08 bits per heavy atom. The lowest BCUT2D eigenvalue weighted by molar-refractivity contribution is 0.102. The molecular weight excluding hydrogens is 302 g/mol. The van der Waals surface area contributed by atoms with Crippen LogP contribution in [0, 0.1) is 6.92 Å². The molecule has 24 heavy (non-hydrogen) atoms. The smallest absolute Gasteiger partial charge is 0.257 e. The van der Waals surface area contributed by atoms with Gasteiger partial charge < -0.3 is 9.72 Å². The van der Waals surface area contributed by atoms with Gasteiger partial charge in [0.1, 0.15) is 5.65 Å². The van der Waals surface area contributed by atoms with Gasteiger partial charge in [-0.2, -0.15) is 5.10 Å². The lowest BCUT2D eigenvalue weighted by Crippen LogP contribution is -2.14. The largest absolute Gasteiger partial charge is 0.320 e. The van der Waals surface area contributed by atoms with Crippen molar-refractivity contribution in [1.29, 1.82) is 0 Å². The van der Waals surface area contributed by atoms with E-state index in [0.29, 0.717) is 11.3 Å². The van der Waals surface area contributed by atoms with Crippen molar-refractivity contribution in [2.45, 2.75) is 6.92 Å². The Balaban J connectivity index is 1.66. The summed E-state index contributed by atoms with van der Waals surface area (Å²) in [5.41, 5.74) is 3.81. The minimum atomic E-state index is -0.179. The number of anilines is 1. The first kappa shape index (κ1) is 14.2. The lowest BCUT2D eigenvalue weighted by Gasteiger charge is -2.11. The topological polar surface area (TPSA) is 64.2 Å². The zero-order valence-electron chi connectivity index (χ0n) is 13.0. The SMILES string of the molecule is Cc1ccn(-c2ccccc2NC(=O)c2ccc3nccn3c2)n1. The van der Waals surface area contributed by atoms with E-state index in [4.69, 9.17) is 0 Å². The van der Waals surface area contributed by atoms with Crippen LogP contribution in [0.15, 0.2) is 67.3 Å². The van der Waals surface area contributed by atoms with Crippen LogP contribution in [-0.2, 0) is 0 Å². The van der Waals surface area contributed by atoms with Crippen LogP contribution >= 0.6 is 0 Å². The molecule has 0 radical (unpaired) electrons. The van der Waals surface area contributed by atoms with E-state index in [1.807, 2.05) is 60.1 Å². The van der Waals surface area contributed by atoms with E-state index < -0.39 is 0 Å². The summed E-state index contributed by atoms with van der Waals surface area (Å²) < 4.78 is 3.57. The van der Waals surface area contributed by atoms with Crippen LogP contribution < -0.4 is 5.32 Å². The van der Waals surface area contributed by atoms with Crippen LogP contribution in [0.25, 0.3) is 11.3 Å². The monoisotopic (exact) mass is 317 g/mol. The summed E-state index contributed by atoms with van der Waals surface area (Å²) in [4.78, 5) is 16.8. The van der Waals surface area contributed by atoms with Crippen molar-refractivity contribution in [3.05, 3.63) is 78.5 Å². The Kier molecular flexibility index (Phi) is 3.35. The number of hydrogen-bond acceptors (Lipinski definition) is 3. The first-order valence-electron chi connectivity index (χ1n) is 7.56. The molecule has 0 spiro atoms. The molecule has 3 aromatic heterocycles. The molecule has 1 amide bonds. The summed E-state index contributed by atoms with van der Waals surface area (Å²) in [6.45, 7) is 1.93. The third-order valence-electron chi connectivity index (χ3n) is 3.77. The third-order valence-corrected chi connectivity index (χ3v) is 3.77. The van der Waals surface area contributed by atoms with Gasteiger partial charge in [0.25, 0.3) is 5.91 Å². The highest BCUT2D eigenvalue weighted by atomic mass is 16.1. The number of fused-ring (bicyclic) bond motifs is 1. The molecule has 118 valence electrons. The standard InChI is InChI=1S/C18H15N5O/c1-13-8-10-23(21-13)16-5-3-2-4-15(16)20-18(24)14-6-7-17-19-9-11-22(17)12-14/h2-12H,1H3,(H,20,24). The van der Waals surface area contributed by atoms with Gasteiger partial charge in [0.15, 0.2) is 0 Å². The van der Waals surface area contributed by atoms with E-state index in [2.05, 4.69) is 15.4 Å². The molecule has 0 saturated carbocycles. The number of pyridine rings is 1. The first-order valence-corrected chi connectivity index (χ1v) is 7.56. The summed E-state index contributed by atoms with van der Waals surface area (Å²) in [6.07, 6.45) is 7.15. The van der Waals surface area contributed by atoms with Crippen molar-refractivity contribution < 1.29 is 4.79 Å². The summed E-state index contributed by atoms with van der Waals surface area (Å²) in [6, 6.07) is 13.1. The predicted octanol–water partition coefficient (Wildman–Crippen LogP) is 3.08. The number of carbonyl (C=O) groups excluding carboxylic acids is 1. The number of benzene rings is 1. The number of para-hydroxylation sites is 2. The van der Waals surface area contributed by atoms with Crippen molar-refractivity contribution in [3.8, 4) is 5.69 Å². The maximum Gasteiger partial charge on any atom is 0.257 e. The van der Waals surface area contributed by atoms with Crippen LogP contribution in [0.4, 0.5) is 5.69 Å². The second kappa shape index (κ2) is 5.66. The molecule has 4 aromatic rings. The maximum absolute atomic E-state index is 12.6. The number of nitrogens with one attached hydrogen (secondary N) is 1. The molecule has 0 atom stereocenters. The van der Waals surface area contributed by atoms with Gasteiger partial charge in [-0.25, -0.2) is 9.67 Å². The van der Waals surface area contributed by atoms with Crippen LogP contribution in [0.5, 0.6) is 0 Å². The zero-order valence-corrected chi connectivity index (χ0v) is 13.0. The molecule has 6 nitrogen and oxygen atoms in total. The number of hydrogen-bond donors (Lipinski definition) is 1. The van der Waals surface area contributed by atoms with Crippen molar-refractivity contribution in [1.82, 2.24) is 19.2 Å². The maximum atomic E-state index is 12.6. The Morgan fingerprint density at radius 3 is 2.79 bits per heavy atom. The number of imidazole rings is 1. The normalized spacial score (nSPS) is 10.9. The number of nitrogens with zero attached hydrogens (tertiary/aromatic N) is 4. The molecule has 0 aliphatic heterocycles. The van der Waals surface area contributed by atoms with Gasteiger partial charge in [-0.1, -0.05) is 12.1 Å². The van der Waals surface area contributed by atoms with Crippen molar-refractivity contribution in [3.63, 3.8) is 0 Å². The molecule has 1 aromatic carbocycles. The molecule has 0 bridgehead atoms. The molecule has 1 N–H and O–H groups in total. The van der Waals surface area contributed by atoms with Crippen molar-refractivity contribution >= 4 is 17.2 Å². The molecule has 3 heterocycles. The van der Waals surface area contributed by atoms with Gasteiger partial charge in [-0.15, -0.1) is 0 Å². The summed E-state index contributed by atoms with van der Waals surface area (Å²) >= 11 is 0. The van der Waals surface area contributed by atoms with Crippen molar-refractivity contribution in [2.75, 3.05) is 5.32 Å². The van der Waals surface area contributed by atoms with E-state index in [0.717, 1.165) is 17.0 Å². The van der Waals surface area contributed by atoms with Crippen LogP contribution in [0.2, 0.25) is 0 Å². The minimum absolute atomic E-state index is 0.179. The lowest BCUT2D eigenvalue weighted by atomic mass is 10.2. The molecule has 0 fully saturated rings. The van der Waals surface area contributed by atoms with Crippen LogP contribution in [-0.4, -0.2) is 25.1 Å².